The van der Waals surface area contributed by atoms with Gasteiger partial charge in [0.2, 0.25) is 0 Å². The maximum Gasteiger partial charge on any atom is 0.264 e. The number of hydrogen-bond acceptors (Lipinski definition) is 4. The van der Waals surface area contributed by atoms with Crippen LogP contribution in [0, 0.1) is 13.8 Å². The summed E-state index contributed by atoms with van der Waals surface area (Å²) in [5.74, 6) is 0.637. The molecule has 33 heavy (non-hydrogen) atoms. The number of ether oxygens (including phenoxy) is 1. The Labute approximate surface area is 199 Å². The summed E-state index contributed by atoms with van der Waals surface area (Å²) in [6.07, 6.45) is 1.94. The number of nitrogens with one attached hydrogen (secondary N) is 1. The molecule has 1 amide bonds. The number of amides is 1. The first-order valence-electron chi connectivity index (χ1n) is 10.9. The average molecular weight is 460 g/mol. The van der Waals surface area contributed by atoms with E-state index in [1.165, 1.54) is 17.3 Å². The number of thioether (sulfide) groups is 1. The van der Waals surface area contributed by atoms with Gasteiger partial charge in [-0.2, -0.15) is 0 Å². The van der Waals surface area contributed by atoms with E-state index >= 15 is 0 Å². The molecule has 5 nitrogen and oxygen atoms in total. The van der Waals surface area contributed by atoms with Crippen molar-refractivity contribution in [1.29, 1.82) is 0 Å². The van der Waals surface area contributed by atoms with Gasteiger partial charge in [-0.1, -0.05) is 32.9 Å². The van der Waals surface area contributed by atoms with Gasteiger partial charge in [0.05, 0.1) is 17.7 Å². The molecule has 170 valence electrons. The first-order valence-corrected chi connectivity index (χ1v) is 11.7. The standard InChI is InChI=1S/C27H29N3O2S/c1-17-15-19(18(2)30(17)22-11-7-20(8-12-22)27(3,4)5)16-24-25(31)29-26(33-24)28-21-9-13-23(32-6)14-10-21/h7-16H,1-6H3,(H,28,29,31)/b24-16-. The number of hydrogen-bond donors (Lipinski definition) is 1. The highest BCUT2D eigenvalue weighted by molar-refractivity contribution is 8.18. The van der Waals surface area contributed by atoms with Crippen molar-refractivity contribution in [1.82, 2.24) is 9.88 Å². The lowest BCUT2D eigenvalue weighted by Crippen LogP contribution is -2.19. The lowest BCUT2D eigenvalue weighted by atomic mass is 9.87. The normalized spacial score (nSPS) is 16.5. The van der Waals surface area contributed by atoms with Crippen LogP contribution in [-0.2, 0) is 10.2 Å². The first kappa shape index (κ1) is 22.9. The van der Waals surface area contributed by atoms with E-state index in [-0.39, 0.29) is 11.3 Å². The number of benzene rings is 2. The maximum atomic E-state index is 12.6. The van der Waals surface area contributed by atoms with Crippen LogP contribution in [0.1, 0.15) is 43.3 Å². The number of aliphatic imine (C=N–C) groups is 1. The molecule has 1 fully saturated rings. The van der Waals surface area contributed by atoms with E-state index in [1.54, 1.807) is 7.11 Å². The van der Waals surface area contributed by atoms with Crippen molar-refractivity contribution in [2.45, 2.75) is 40.0 Å². The molecule has 0 bridgehead atoms. The second kappa shape index (κ2) is 8.94. The fourth-order valence-corrected chi connectivity index (χ4v) is 4.67. The Kier molecular flexibility index (Phi) is 6.21. The zero-order chi connectivity index (χ0) is 23.8. The van der Waals surface area contributed by atoms with Gasteiger partial charge in [-0.15, -0.1) is 0 Å². The molecule has 1 N–H and O–H groups in total. The fourth-order valence-electron chi connectivity index (χ4n) is 3.84. The Balaban J connectivity index is 1.59. The summed E-state index contributed by atoms with van der Waals surface area (Å²) >= 11 is 1.35. The first-order chi connectivity index (χ1) is 15.7. The van der Waals surface area contributed by atoms with Crippen molar-refractivity contribution in [3.05, 3.63) is 82.0 Å². The molecule has 1 aliphatic rings. The third-order valence-electron chi connectivity index (χ3n) is 5.70. The van der Waals surface area contributed by atoms with Gasteiger partial charge in [0.1, 0.15) is 5.75 Å². The van der Waals surface area contributed by atoms with Crippen LogP contribution in [0.4, 0.5) is 5.69 Å². The van der Waals surface area contributed by atoms with Crippen LogP contribution in [-0.4, -0.2) is 22.8 Å². The number of carbonyl (C=O) groups is 1. The molecule has 1 aromatic heterocycles. The molecule has 3 aromatic rings. The lowest BCUT2D eigenvalue weighted by Gasteiger charge is -2.20. The van der Waals surface area contributed by atoms with Gasteiger partial charge in [0.25, 0.3) is 5.91 Å². The number of methoxy groups -OCH3 is 1. The highest BCUT2D eigenvalue weighted by Crippen LogP contribution is 2.31. The smallest absolute Gasteiger partial charge is 0.264 e. The predicted molar refractivity (Wildman–Crippen MR) is 138 cm³/mol. The van der Waals surface area contributed by atoms with E-state index in [0.717, 1.165) is 34.1 Å². The molecular formula is C27H29N3O2S. The Morgan fingerprint density at radius 3 is 2.30 bits per heavy atom. The van der Waals surface area contributed by atoms with Gasteiger partial charge in [-0.05, 0) is 90.7 Å². The molecule has 0 spiro atoms. The number of amidine groups is 1. The molecule has 2 aromatic carbocycles. The summed E-state index contributed by atoms with van der Waals surface area (Å²) in [4.78, 5) is 17.7. The molecule has 0 unspecified atom stereocenters. The summed E-state index contributed by atoms with van der Waals surface area (Å²) in [5, 5.41) is 3.43. The van der Waals surface area contributed by atoms with Crippen LogP contribution in [0.25, 0.3) is 11.8 Å². The van der Waals surface area contributed by atoms with Crippen LogP contribution in [0.15, 0.2) is 64.5 Å². The monoisotopic (exact) mass is 459 g/mol. The SMILES string of the molecule is COc1ccc(N=C2NC(=O)/C(=C/c3cc(C)n(-c4ccc(C(C)(C)C)cc4)c3C)S2)cc1. The summed E-state index contributed by atoms with van der Waals surface area (Å²) in [7, 11) is 1.63. The highest BCUT2D eigenvalue weighted by atomic mass is 32.2. The molecule has 2 heterocycles. The molecule has 0 saturated carbocycles. The van der Waals surface area contributed by atoms with E-state index in [9.17, 15) is 4.79 Å². The minimum absolute atomic E-state index is 0.118. The molecule has 1 aliphatic heterocycles. The van der Waals surface area contributed by atoms with Gasteiger partial charge < -0.3 is 14.6 Å². The topological polar surface area (TPSA) is 55.6 Å². The van der Waals surface area contributed by atoms with Crippen molar-refractivity contribution in [2.24, 2.45) is 4.99 Å². The number of rotatable bonds is 4. The van der Waals surface area contributed by atoms with Crippen molar-refractivity contribution in [2.75, 3.05) is 7.11 Å². The van der Waals surface area contributed by atoms with E-state index in [0.29, 0.717) is 10.1 Å². The molecule has 0 aliphatic carbocycles. The van der Waals surface area contributed by atoms with Gasteiger partial charge >= 0.3 is 0 Å². The summed E-state index contributed by atoms with van der Waals surface area (Å²) < 4.78 is 7.41. The van der Waals surface area contributed by atoms with Gasteiger partial charge in [0, 0.05) is 17.1 Å². The Hall–Kier alpha value is -3.25. The molecule has 4 rings (SSSR count). The van der Waals surface area contributed by atoms with Crippen LogP contribution in [0.5, 0.6) is 5.75 Å². The van der Waals surface area contributed by atoms with Crippen LogP contribution >= 0.6 is 11.8 Å². The largest absolute Gasteiger partial charge is 0.497 e. The minimum atomic E-state index is -0.133. The Bertz CT molecular complexity index is 1240. The van der Waals surface area contributed by atoms with Crippen LogP contribution < -0.4 is 10.1 Å². The fraction of sp³-hybridized carbons (Fsp3) is 0.259. The zero-order valence-electron chi connectivity index (χ0n) is 19.9. The second-order valence-electron chi connectivity index (χ2n) is 9.14. The summed E-state index contributed by atoms with van der Waals surface area (Å²) in [5.41, 5.74) is 6.54. The number of carbonyl (C=O) groups excluding carboxylic acids is 1. The molecular weight excluding hydrogens is 430 g/mol. The predicted octanol–water partition coefficient (Wildman–Crippen LogP) is 6.29. The second-order valence-corrected chi connectivity index (χ2v) is 10.2. The van der Waals surface area contributed by atoms with E-state index in [1.807, 2.05) is 30.3 Å². The third-order valence-corrected chi connectivity index (χ3v) is 6.61. The average Bonchev–Trinajstić information content (AvgIpc) is 3.26. The number of aromatic nitrogens is 1. The van der Waals surface area contributed by atoms with Crippen molar-refractivity contribution < 1.29 is 9.53 Å². The number of aryl methyl sites for hydroxylation is 1. The zero-order valence-corrected chi connectivity index (χ0v) is 20.7. The third kappa shape index (κ3) is 4.91. The minimum Gasteiger partial charge on any atom is -0.497 e. The molecule has 6 heteroatoms. The van der Waals surface area contributed by atoms with Gasteiger partial charge in [-0.3, -0.25) is 4.79 Å². The van der Waals surface area contributed by atoms with Crippen molar-refractivity contribution in [3.63, 3.8) is 0 Å². The van der Waals surface area contributed by atoms with Gasteiger partial charge in [-0.25, -0.2) is 4.99 Å². The van der Waals surface area contributed by atoms with Crippen LogP contribution in [0.2, 0.25) is 0 Å². The number of nitrogens with zero attached hydrogens (tertiary/aromatic N) is 2. The van der Waals surface area contributed by atoms with Gasteiger partial charge in [0.15, 0.2) is 5.17 Å². The summed E-state index contributed by atoms with van der Waals surface area (Å²) in [6, 6.07) is 18.2. The van der Waals surface area contributed by atoms with E-state index < -0.39 is 0 Å². The van der Waals surface area contributed by atoms with E-state index in [4.69, 9.17) is 4.74 Å². The molecule has 0 atom stereocenters. The quantitative estimate of drug-likeness (QED) is 0.466. The van der Waals surface area contributed by atoms with Crippen molar-refractivity contribution in [3.8, 4) is 11.4 Å². The van der Waals surface area contributed by atoms with Crippen LogP contribution in [0.3, 0.4) is 0 Å². The maximum absolute atomic E-state index is 12.6. The Morgan fingerprint density at radius 2 is 1.70 bits per heavy atom. The molecule has 0 radical (unpaired) electrons. The van der Waals surface area contributed by atoms with Crippen molar-refractivity contribution >= 4 is 34.6 Å². The molecule has 1 saturated heterocycles. The lowest BCUT2D eigenvalue weighted by molar-refractivity contribution is -0.115. The van der Waals surface area contributed by atoms with E-state index in [2.05, 4.69) is 79.8 Å². The Morgan fingerprint density at radius 1 is 1.03 bits per heavy atom. The summed E-state index contributed by atoms with van der Waals surface area (Å²) in [6.45, 7) is 10.8. The highest BCUT2D eigenvalue weighted by Gasteiger charge is 2.24.